The average Bonchev–Trinajstić information content (AvgIpc) is 3.10. The maximum absolute atomic E-state index is 12.2. The summed E-state index contributed by atoms with van der Waals surface area (Å²) in [5.74, 6) is -0.382. The van der Waals surface area contributed by atoms with E-state index < -0.39 is 0 Å². The van der Waals surface area contributed by atoms with E-state index in [4.69, 9.17) is 0 Å². The van der Waals surface area contributed by atoms with Crippen LogP contribution in [-0.4, -0.2) is 40.7 Å². The normalized spacial score (nSPS) is 13.8. The van der Waals surface area contributed by atoms with Crippen LogP contribution in [0.25, 0.3) is 0 Å². The van der Waals surface area contributed by atoms with E-state index in [0.717, 1.165) is 30.5 Å². The number of carbonyl (C=O) groups is 4. The van der Waals surface area contributed by atoms with Crippen molar-refractivity contribution in [1.29, 1.82) is 0 Å². The Morgan fingerprint density at radius 1 is 0.875 bits per heavy atom. The average molecular weight is 440 g/mol. The van der Waals surface area contributed by atoms with Gasteiger partial charge < -0.3 is 0 Å². The van der Waals surface area contributed by atoms with Gasteiger partial charge in [-0.3, -0.25) is 24.1 Å². The Labute approximate surface area is 189 Å². The van der Waals surface area contributed by atoms with Gasteiger partial charge in [-0.1, -0.05) is 50.6 Å². The third-order valence-corrected chi connectivity index (χ3v) is 5.34. The maximum Gasteiger partial charge on any atom is 0.253 e. The zero-order valence-electron chi connectivity index (χ0n) is 19.0. The van der Waals surface area contributed by atoms with Crippen LogP contribution < -0.4 is 5.43 Å². The van der Waals surface area contributed by atoms with Gasteiger partial charge in [0.05, 0.1) is 5.71 Å². The Kier molecular flexibility index (Phi) is 10.5. The lowest BCUT2D eigenvalue weighted by molar-refractivity contribution is -0.137. The summed E-state index contributed by atoms with van der Waals surface area (Å²) in [5, 5.41) is 4.35. The molecule has 3 amide bonds. The molecule has 1 N–H and O–H groups in total. The number of amides is 3. The molecule has 1 aliphatic rings. The number of ketones is 1. The van der Waals surface area contributed by atoms with E-state index in [1.165, 1.54) is 17.1 Å². The SMILES string of the molecule is CC(C)C(=O)CCCC/C(=N/NC(=O)CCCCCN1C(=O)C=CC1=O)c1ccccc1. The van der Waals surface area contributed by atoms with Gasteiger partial charge in [0, 0.05) is 37.5 Å². The van der Waals surface area contributed by atoms with Crippen LogP contribution in [0.4, 0.5) is 0 Å². The topological polar surface area (TPSA) is 95.9 Å². The van der Waals surface area contributed by atoms with Gasteiger partial charge in [-0.2, -0.15) is 5.10 Å². The van der Waals surface area contributed by atoms with E-state index in [-0.39, 0.29) is 29.4 Å². The number of imide groups is 1. The Morgan fingerprint density at radius 3 is 2.16 bits per heavy atom. The lowest BCUT2D eigenvalue weighted by Crippen LogP contribution is -2.30. The first kappa shape index (κ1) is 25.2. The molecule has 0 aliphatic carbocycles. The highest BCUT2D eigenvalue weighted by molar-refractivity contribution is 6.12. The second-order valence-corrected chi connectivity index (χ2v) is 8.26. The third kappa shape index (κ3) is 8.57. The van der Waals surface area contributed by atoms with Crippen LogP contribution in [0.2, 0.25) is 0 Å². The van der Waals surface area contributed by atoms with Gasteiger partial charge in [-0.05, 0) is 37.7 Å². The molecular weight excluding hydrogens is 406 g/mol. The van der Waals surface area contributed by atoms with Crippen molar-refractivity contribution in [2.75, 3.05) is 6.54 Å². The molecule has 0 atom stereocenters. The number of carbonyl (C=O) groups excluding carboxylic acids is 4. The fourth-order valence-corrected chi connectivity index (χ4v) is 3.35. The molecule has 0 unspecified atom stereocenters. The second kappa shape index (κ2) is 13.3. The standard InChI is InChI=1S/C25H33N3O4/c1-19(2)22(29)14-9-8-13-21(20-11-5-3-6-12-20)26-27-23(30)15-7-4-10-18-28-24(31)16-17-25(28)32/h3,5-6,11-12,16-17,19H,4,7-10,13-15,18H2,1-2H3,(H,27,30)/b26-21-. The number of benzene rings is 1. The Hall–Kier alpha value is -3.09. The first-order valence-electron chi connectivity index (χ1n) is 11.4. The number of hydrazone groups is 1. The van der Waals surface area contributed by atoms with E-state index in [2.05, 4.69) is 10.5 Å². The fourth-order valence-electron chi connectivity index (χ4n) is 3.35. The largest absolute Gasteiger partial charge is 0.299 e. The van der Waals surface area contributed by atoms with E-state index in [0.29, 0.717) is 38.6 Å². The predicted molar refractivity (Wildman–Crippen MR) is 124 cm³/mol. The minimum absolute atomic E-state index is 0.0598. The molecule has 0 bridgehead atoms. The molecule has 0 saturated heterocycles. The first-order valence-corrected chi connectivity index (χ1v) is 11.4. The number of rotatable bonds is 14. The molecule has 0 spiro atoms. The second-order valence-electron chi connectivity index (χ2n) is 8.26. The minimum Gasteiger partial charge on any atom is -0.299 e. The van der Waals surface area contributed by atoms with Crippen molar-refractivity contribution in [1.82, 2.24) is 10.3 Å². The van der Waals surface area contributed by atoms with Gasteiger partial charge in [0.2, 0.25) is 5.91 Å². The molecular formula is C25H33N3O4. The van der Waals surface area contributed by atoms with Crippen LogP contribution in [0, 0.1) is 5.92 Å². The van der Waals surface area contributed by atoms with Crippen LogP contribution in [0.3, 0.4) is 0 Å². The highest BCUT2D eigenvalue weighted by Crippen LogP contribution is 2.12. The number of Topliss-reactive ketones (excluding diaryl/α,β-unsaturated/α-hetero) is 1. The van der Waals surface area contributed by atoms with Gasteiger partial charge in [-0.15, -0.1) is 0 Å². The quantitative estimate of drug-likeness (QED) is 0.206. The summed E-state index contributed by atoms with van der Waals surface area (Å²) in [4.78, 5) is 48.2. The molecule has 0 aromatic heterocycles. The zero-order valence-corrected chi connectivity index (χ0v) is 19.0. The van der Waals surface area contributed by atoms with E-state index >= 15 is 0 Å². The van der Waals surface area contributed by atoms with Crippen LogP contribution in [0.15, 0.2) is 47.6 Å². The van der Waals surface area contributed by atoms with Gasteiger partial charge in [0.1, 0.15) is 5.78 Å². The van der Waals surface area contributed by atoms with Crippen LogP contribution in [-0.2, 0) is 19.2 Å². The van der Waals surface area contributed by atoms with Gasteiger partial charge in [0.25, 0.3) is 11.8 Å². The summed E-state index contributed by atoms with van der Waals surface area (Å²) < 4.78 is 0. The van der Waals surface area contributed by atoms with Crippen molar-refractivity contribution in [3.8, 4) is 0 Å². The summed E-state index contributed by atoms with van der Waals surface area (Å²) in [5.41, 5.74) is 4.40. The molecule has 1 heterocycles. The predicted octanol–water partition coefficient (Wildman–Crippen LogP) is 3.78. The van der Waals surface area contributed by atoms with Crippen LogP contribution in [0.5, 0.6) is 0 Å². The van der Waals surface area contributed by atoms with Gasteiger partial charge >= 0.3 is 0 Å². The van der Waals surface area contributed by atoms with Crippen LogP contribution in [0.1, 0.15) is 70.8 Å². The Morgan fingerprint density at radius 2 is 1.50 bits per heavy atom. The van der Waals surface area contributed by atoms with Crippen molar-refractivity contribution in [3.05, 3.63) is 48.0 Å². The molecule has 0 fully saturated rings. The molecule has 32 heavy (non-hydrogen) atoms. The van der Waals surface area contributed by atoms with Crippen molar-refractivity contribution < 1.29 is 19.2 Å². The fraction of sp³-hybridized carbons (Fsp3) is 0.480. The summed E-state index contributed by atoms with van der Waals surface area (Å²) in [7, 11) is 0. The van der Waals surface area contributed by atoms with E-state index in [1.807, 2.05) is 44.2 Å². The lowest BCUT2D eigenvalue weighted by atomic mass is 10.00. The smallest absolute Gasteiger partial charge is 0.253 e. The van der Waals surface area contributed by atoms with Crippen molar-refractivity contribution in [2.24, 2.45) is 11.0 Å². The molecule has 1 aromatic carbocycles. The van der Waals surface area contributed by atoms with Crippen molar-refractivity contribution in [3.63, 3.8) is 0 Å². The van der Waals surface area contributed by atoms with E-state index in [1.54, 1.807) is 0 Å². The highest BCUT2D eigenvalue weighted by Gasteiger charge is 2.22. The number of nitrogens with one attached hydrogen (secondary N) is 1. The lowest BCUT2D eigenvalue weighted by Gasteiger charge is -2.13. The highest BCUT2D eigenvalue weighted by atomic mass is 16.2. The monoisotopic (exact) mass is 439 g/mol. The summed E-state index contributed by atoms with van der Waals surface area (Å²) in [6.07, 6.45) is 7.82. The summed E-state index contributed by atoms with van der Waals surface area (Å²) >= 11 is 0. The number of nitrogens with zero attached hydrogens (tertiary/aromatic N) is 2. The van der Waals surface area contributed by atoms with Gasteiger partial charge in [0.15, 0.2) is 0 Å². The minimum atomic E-state index is -0.274. The molecule has 1 aliphatic heterocycles. The number of unbranched alkanes of at least 4 members (excludes halogenated alkanes) is 3. The number of hydrogen-bond donors (Lipinski definition) is 1. The number of hydrogen-bond acceptors (Lipinski definition) is 5. The molecule has 2 rings (SSSR count). The molecule has 0 saturated carbocycles. The Balaban J connectivity index is 1.74. The maximum atomic E-state index is 12.2. The molecule has 1 aromatic rings. The van der Waals surface area contributed by atoms with Crippen LogP contribution >= 0.6 is 0 Å². The summed E-state index contributed by atoms with van der Waals surface area (Å²) in [6.45, 7) is 4.21. The summed E-state index contributed by atoms with van der Waals surface area (Å²) in [6, 6.07) is 9.71. The molecule has 0 radical (unpaired) electrons. The Bertz CT molecular complexity index is 841. The van der Waals surface area contributed by atoms with Crippen molar-refractivity contribution >= 4 is 29.2 Å². The molecule has 7 nitrogen and oxygen atoms in total. The van der Waals surface area contributed by atoms with Crippen molar-refractivity contribution in [2.45, 2.75) is 65.2 Å². The first-order chi connectivity index (χ1) is 15.4. The molecule has 172 valence electrons. The third-order valence-electron chi connectivity index (χ3n) is 5.34. The molecule has 7 heteroatoms. The van der Waals surface area contributed by atoms with E-state index in [9.17, 15) is 19.2 Å². The zero-order chi connectivity index (χ0) is 23.3. The van der Waals surface area contributed by atoms with Gasteiger partial charge in [-0.25, -0.2) is 5.43 Å².